The lowest BCUT2D eigenvalue weighted by molar-refractivity contribution is 0.378. The van der Waals surface area contributed by atoms with Gasteiger partial charge in [0.05, 0.1) is 0 Å². The second-order valence-corrected chi connectivity index (χ2v) is 4.36. The van der Waals surface area contributed by atoms with E-state index in [0.717, 1.165) is 13.1 Å². The summed E-state index contributed by atoms with van der Waals surface area (Å²) in [4.78, 5) is 3.16. The summed E-state index contributed by atoms with van der Waals surface area (Å²) < 4.78 is 0. The maximum Gasteiger partial charge on any atom is 0.0357 e. The fraction of sp³-hybridized carbons (Fsp3) is 0.600. The van der Waals surface area contributed by atoms with Gasteiger partial charge in [-0.25, -0.2) is 0 Å². The second kappa shape index (κ2) is 3.76. The number of H-pyrrole nitrogens is 1. The molecule has 0 atom stereocenters. The lowest BCUT2D eigenvalue weighted by Crippen LogP contribution is -2.26. The Bertz CT molecular complexity index is 206. The summed E-state index contributed by atoms with van der Waals surface area (Å²) in [6.45, 7) is 8.68. The lowest BCUT2D eigenvalue weighted by Gasteiger charge is -2.18. The zero-order valence-electron chi connectivity index (χ0n) is 8.15. The van der Waals surface area contributed by atoms with Crippen molar-refractivity contribution in [1.29, 1.82) is 0 Å². The Kier molecular flexibility index (Phi) is 2.93. The minimum Gasteiger partial charge on any atom is -0.364 e. The van der Waals surface area contributed by atoms with Gasteiger partial charge in [0.2, 0.25) is 0 Å². The van der Waals surface area contributed by atoms with Crippen molar-refractivity contribution in [2.24, 2.45) is 5.41 Å². The van der Waals surface area contributed by atoms with E-state index in [1.807, 2.05) is 12.3 Å². The minimum atomic E-state index is 0.368. The molecule has 0 saturated heterocycles. The molecule has 0 saturated carbocycles. The van der Waals surface area contributed by atoms with Crippen LogP contribution in [-0.4, -0.2) is 11.5 Å². The summed E-state index contributed by atoms with van der Waals surface area (Å²) >= 11 is 0. The summed E-state index contributed by atoms with van der Waals surface area (Å²) in [5.74, 6) is 0. The number of hydrogen-bond donors (Lipinski definition) is 2. The zero-order chi connectivity index (χ0) is 9.03. The Morgan fingerprint density at radius 2 is 2.17 bits per heavy atom. The third-order valence-electron chi connectivity index (χ3n) is 1.63. The van der Waals surface area contributed by atoms with E-state index in [2.05, 4.69) is 37.1 Å². The summed E-state index contributed by atoms with van der Waals surface area (Å²) in [5.41, 5.74) is 1.62. The van der Waals surface area contributed by atoms with Crippen molar-refractivity contribution < 1.29 is 0 Å². The van der Waals surface area contributed by atoms with E-state index >= 15 is 0 Å². The molecule has 0 fully saturated rings. The molecule has 1 heterocycles. The predicted octanol–water partition coefficient (Wildman–Crippen LogP) is 2.15. The molecular weight excluding hydrogens is 148 g/mol. The maximum absolute atomic E-state index is 3.40. The fourth-order valence-electron chi connectivity index (χ4n) is 1.05. The van der Waals surface area contributed by atoms with Crippen LogP contribution < -0.4 is 5.32 Å². The van der Waals surface area contributed by atoms with Crippen LogP contribution >= 0.6 is 0 Å². The first-order chi connectivity index (χ1) is 5.58. The molecule has 0 radical (unpaired) electrons. The van der Waals surface area contributed by atoms with E-state index in [1.54, 1.807) is 0 Å². The third kappa shape index (κ3) is 3.58. The van der Waals surface area contributed by atoms with Crippen LogP contribution in [0.3, 0.4) is 0 Å². The predicted molar refractivity (Wildman–Crippen MR) is 52.0 cm³/mol. The molecule has 0 aliphatic carbocycles. The van der Waals surface area contributed by atoms with E-state index in [-0.39, 0.29) is 0 Å². The van der Waals surface area contributed by atoms with Gasteiger partial charge in [-0.05, 0) is 17.5 Å². The van der Waals surface area contributed by atoms with Gasteiger partial charge in [0.15, 0.2) is 0 Å². The molecule has 0 amide bonds. The Balaban J connectivity index is 2.20. The van der Waals surface area contributed by atoms with Crippen LogP contribution in [0.4, 0.5) is 0 Å². The SMILES string of the molecule is CC(C)(C)CNCc1ccc[nH]1. The van der Waals surface area contributed by atoms with Gasteiger partial charge in [-0.2, -0.15) is 0 Å². The fourth-order valence-corrected chi connectivity index (χ4v) is 1.05. The summed E-state index contributed by atoms with van der Waals surface area (Å²) in [6, 6.07) is 4.11. The van der Waals surface area contributed by atoms with E-state index in [9.17, 15) is 0 Å². The quantitative estimate of drug-likeness (QED) is 0.707. The van der Waals surface area contributed by atoms with Crippen molar-refractivity contribution in [2.75, 3.05) is 6.54 Å². The highest BCUT2D eigenvalue weighted by atomic mass is 14.9. The van der Waals surface area contributed by atoms with Crippen molar-refractivity contribution in [3.8, 4) is 0 Å². The van der Waals surface area contributed by atoms with Gasteiger partial charge >= 0.3 is 0 Å². The van der Waals surface area contributed by atoms with Gasteiger partial charge in [0.1, 0.15) is 0 Å². The van der Waals surface area contributed by atoms with Crippen molar-refractivity contribution in [3.63, 3.8) is 0 Å². The number of aromatic nitrogens is 1. The smallest absolute Gasteiger partial charge is 0.0357 e. The molecule has 1 aromatic rings. The van der Waals surface area contributed by atoms with E-state index < -0.39 is 0 Å². The molecule has 12 heavy (non-hydrogen) atoms. The normalized spacial score (nSPS) is 11.9. The largest absolute Gasteiger partial charge is 0.364 e. The van der Waals surface area contributed by atoms with Gasteiger partial charge in [0, 0.05) is 25.0 Å². The molecule has 2 nitrogen and oxygen atoms in total. The van der Waals surface area contributed by atoms with E-state index in [1.165, 1.54) is 5.69 Å². The molecule has 0 bridgehead atoms. The van der Waals surface area contributed by atoms with Crippen LogP contribution in [0.5, 0.6) is 0 Å². The topological polar surface area (TPSA) is 27.8 Å². The van der Waals surface area contributed by atoms with Crippen molar-refractivity contribution in [2.45, 2.75) is 27.3 Å². The van der Waals surface area contributed by atoms with E-state index in [4.69, 9.17) is 0 Å². The maximum atomic E-state index is 3.40. The molecular formula is C10H18N2. The minimum absolute atomic E-state index is 0.368. The Morgan fingerprint density at radius 3 is 2.67 bits per heavy atom. The monoisotopic (exact) mass is 166 g/mol. The van der Waals surface area contributed by atoms with Crippen LogP contribution in [0.1, 0.15) is 26.5 Å². The van der Waals surface area contributed by atoms with Crippen LogP contribution in [0, 0.1) is 5.41 Å². The van der Waals surface area contributed by atoms with Crippen LogP contribution in [0.25, 0.3) is 0 Å². The lowest BCUT2D eigenvalue weighted by atomic mass is 9.97. The van der Waals surface area contributed by atoms with Gasteiger partial charge in [-0.1, -0.05) is 20.8 Å². The Labute approximate surface area is 74.4 Å². The van der Waals surface area contributed by atoms with Crippen molar-refractivity contribution in [3.05, 3.63) is 24.0 Å². The van der Waals surface area contributed by atoms with Crippen LogP contribution in [0.15, 0.2) is 18.3 Å². The van der Waals surface area contributed by atoms with Crippen molar-refractivity contribution in [1.82, 2.24) is 10.3 Å². The highest BCUT2D eigenvalue weighted by Gasteiger charge is 2.08. The number of rotatable bonds is 3. The van der Waals surface area contributed by atoms with Crippen LogP contribution in [0.2, 0.25) is 0 Å². The Morgan fingerprint density at radius 1 is 1.42 bits per heavy atom. The zero-order valence-corrected chi connectivity index (χ0v) is 8.15. The van der Waals surface area contributed by atoms with Gasteiger partial charge in [-0.3, -0.25) is 0 Å². The van der Waals surface area contributed by atoms with Gasteiger partial charge in [-0.15, -0.1) is 0 Å². The molecule has 1 rings (SSSR count). The van der Waals surface area contributed by atoms with Crippen LogP contribution in [-0.2, 0) is 6.54 Å². The highest BCUT2D eigenvalue weighted by Crippen LogP contribution is 2.10. The third-order valence-corrected chi connectivity index (χ3v) is 1.63. The molecule has 68 valence electrons. The molecule has 0 aliphatic rings. The highest BCUT2D eigenvalue weighted by molar-refractivity contribution is 5.02. The summed E-state index contributed by atoms with van der Waals surface area (Å²) in [7, 11) is 0. The Hall–Kier alpha value is -0.760. The first-order valence-electron chi connectivity index (χ1n) is 4.41. The van der Waals surface area contributed by atoms with E-state index in [0.29, 0.717) is 5.41 Å². The van der Waals surface area contributed by atoms with Gasteiger partial charge in [0.25, 0.3) is 0 Å². The number of hydrogen-bond acceptors (Lipinski definition) is 1. The molecule has 0 aromatic carbocycles. The molecule has 2 heteroatoms. The average Bonchev–Trinajstić information content (AvgIpc) is 2.36. The summed E-state index contributed by atoms with van der Waals surface area (Å²) in [5, 5.41) is 3.40. The number of nitrogens with one attached hydrogen (secondary N) is 2. The molecule has 1 aromatic heterocycles. The molecule has 2 N–H and O–H groups in total. The molecule has 0 unspecified atom stereocenters. The summed E-state index contributed by atoms with van der Waals surface area (Å²) in [6.07, 6.45) is 1.95. The first-order valence-corrected chi connectivity index (χ1v) is 4.41. The molecule has 0 aliphatic heterocycles. The van der Waals surface area contributed by atoms with Crippen molar-refractivity contribution >= 4 is 0 Å². The second-order valence-electron chi connectivity index (χ2n) is 4.36. The average molecular weight is 166 g/mol. The van der Waals surface area contributed by atoms with Gasteiger partial charge < -0.3 is 10.3 Å². The standard InChI is InChI=1S/C10H18N2/c1-10(2,3)8-11-7-9-5-4-6-12-9/h4-6,11-12H,7-8H2,1-3H3. The first kappa shape index (κ1) is 9.33. The molecule has 0 spiro atoms. The number of aromatic amines is 1.